The second kappa shape index (κ2) is 12.9. The van der Waals surface area contributed by atoms with E-state index in [9.17, 15) is 24.6 Å². The minimum absolute atomic E-state index is 0.0334. The van der Waals surface area contributed by atoms with E-state index in [1.54, 1.807) is 6.92 Å². The highest BCUT2D eigenvalue weighted by Gasteiger charge is 2.28. The zero-order valence-corrected chi connectivity index (χ0v) is 21.4. The van der Waals surface area contributed by atoms with Crippen molar-refractivity contribution < 1.29 is 29.3 Å². The first kappa shape index (κ1) is 27.7. The number of carbonyl (C=O) groups is 3. The van der Waals surface area contributed by atoms with Crippen LogP contribution >= 0.6 is 0 Å². The number of urea groups is 1. The summed E-state index contributed by atoms with van der Waals surface area (Å²) < 4.78 is 4.81. The van der Waals surface area contributed by atoms with Gasteiger partial charge in [-0.05, 0) is 46.4 Å². The first-order chi connectivity index (χ1) is 17.7. The van der Waals surface area contributed by atoms with E-state index in [1.807, 2.05) is 56.3 Å². The second-order valence-electron chi connectivity index (χ2n) is 9.37. The zero-order valence-electron chi connectivity index (χ0n) is 21.4. The molecule has 0 saturated carbocycles. The number of aliphatic carboxylic acids is 1. The maximum atomic E-state index is 12.9. The van der Waals surface area contributed by atoms with Gasteiger partial charge in [0.25, 0.3) is 0 Å². The number of aliphatic hydroxyl groups excluding tert-OH is 1. The van der Waals surface area contributed by atoms with Crippen molar-refractivity contribution in [3.63, 3.8) is 0 Å². The number of benzene rings is 3. The van der Waals surface area contributed by atoms with Crippen LogP contribution in [0.15, 0.2) is 66.7 Å². The molecule has 196 valence electrons. The molecule has 0 heterocycles. The van der Waals surface area contributed by atoms with Crippen molar-refractivity contribution in [1.29, 1.82) is 0 Å². The molecule has 0 aromatic heterocycles. The number of carbonyl (C=O) groups excluding carboxylic acids is 2. The molecule has 0 aliphatic carbocycles. The quantitative estimate of drug-likeness (QED) is 0.337. The summed E-state index contributed by atoms with van der Waals surface area (Å²) in [7, 11) is 0. The largest absolute Gasteiger partial charge is 0.480 e. The Morgan fingerprint density at radius 1 is 0.919 bits per heavy atom. The topological polar surface area (TPSA) is 116 Å². The third-order valence-corrected chi connectivity index (χ3v) is 5.90. The van der Waals surface area contributed by atoms with Crippen LogP contribution in [0.1, 0.15) is 26.3 Å². The Kier molecular flexibility index (Phi) is 9.63. The number of esters is 1. The molecular formula is C29H34N2O6. The predicted octanol–water partition coefficient (Wildman–Crippen LogP) is 4.09. The molecule has 0 aliphatic heterocycles. The maximum Gasteiger partial charge on any atom is 0.336 e. The van der Waals surface area contributed by atoms with Crippen molar-refractivity contribution in [2.75, 3.05) is 19.7 Å². The van der Waals surface area contributed by atoms with Gasteiger partial charge in [0.05, 0.1) is 13.2 Å². The molecule has 0 bridgehead atoms. The van der Waals surface area contributed by atoms with Crippen LogP contribution in [0, 0.1) is 5.92 Å². The van der Waals surface area contributed by atoms with Crippen LogP contribution in [0.2, 0.25) is 0 Å². The standard InChI is InChI=1S/C29H34N2O6/c1-4-37-28(35)26(32)18-31(17-19(2)3)29(36)30-25(27(33)34)15-20-9-11-22(12-10-20)24-14-13-21-7-5-6-8-23(21)16-24/h5-14,16,19,25-26,32H,4,15,17-18H2,1-3H3,(H,30,36)(H,33,34)/t25-,26?/m0/s1. The third kappa shape index (κ3) is 7.79. The lowest BCUT2D eigenvalue weighted by molar-refractivity contribution is -0.153. The summed E-state index contributed by atoms with van der Waals surface area (Å²) in [6.45, 7) is 5.42. The Labute approximate surface area is 216 Å². The monoisotopic (exact) mass is 506 g/mol. The molecule has 8 heteroatoms. The van der Waals surface area contributed by atoms with E-state index in [4.69, 9.17) is 4.74 Å². The summed E-state index contributed by atoms with van der Waals surface area (Å²) >= 11 is 0. The van der Waals surface area contributed by atoms with Gasteiger partial charge in [-0.1, -0.05) is 74.5 Å². The molecule has 2 atom stereocenters. The Morgan fingerprint density at radius 3 is 2.19 bits per heavy atom. The molecule has 0 radical (unpaired) electrons. The van der Waals surface area contributed by atoms with Crippen LogP contribution < -0.4 is 5.32 Å². The SMILES string of the molecule is CCOC(=O)C(O)CN(CC(C)C)C(=O)N[C@@H](Cc1ccc(-c2ccc3ccccc3c2)cc1)C(=O)O. The summed E-state index contributed by atoms with van der Waals surface area (Å²) in [5.74, 6) is -1.97. The van der Waals surface area contributed by atoms with Crippen LogP contribution in [0.5, 0.6) is 0 Å². The summed E-state index contributed by atoms with van der Waals surface area (Å²) in [5, 5.41) is 24.7. The highest BCUT2D eigenvalue weighted by Crippen LogP contribution is 2.25. The van der Waals surface area contributed by atoms with Gasteiger partial charge in [-0.25, -0.2) is 14.4 Å². The Bertz CT molecular complexity index is 1220. The average Bonchev–Trinajstić information content (AvgIpc) is 2.87. The number of fused-ring (bicyclic) bond motifs is 1. The van der Waals surface area contributed by atoms with Crippen LogP contribution in [-0.4, -0.2) is 64.9 Å². The van der Waals surface area contributed by atoms with Gasteiger partial charge in [0, 0.05) is 13.0 Å². The van der Waals surface area contributed by atoms with Gasteiger partial charge >= 0.3 is 18.0 Å². The maximum absolute atomic E-state index is 12.9. The molecule has 37 heavy (non-hydrogen) atoms. The van der Waals surface area contributed by atoms with Crippen LogP contribution in [0.3, 0.4) is 0 Å². The number of nitrogens with zero attached hydrogens (tertiary/aromatic N) is 1. The Morgan fingerprint density at radius 2 is 1.57 bits per heavy atom. The molecule has 3 N–H and O–H groups in total. The van der Waals surface area contributed by atoms with Gasteiger partial charge in [-0.2, -0.15) is 0 Å². The number of rotatable bonds is 11. The lowest BCUT2D eigenvalue weighted by Gasteiger charge is -2.28. The molecule has 0 fully saturated rings. The zero-order chi connectivity index (χ0) is 26.9. The third-order valence-electron chi connectivity index (χ3n) is 5.90. The highest BCUT2D eigenvalue weighted by atomic mass is 16.5. The fourth-order valence-corrected chi connectivity index (χ4v) is 4.08. The van der Waals surface area contributed by atoms with Gasteiger partial charge in [0.1, 0.15) is 6.04 Å². The first-order valence-electron chi connectivity index (χ1n) is 12.4. The number of nitrogens with one attached hydrogen (secondary N) is 1. The van der Waals surface area contributed by atoms with Crippen molar-refractivity contribution in [2.45, 2.75) is 39.3 Å². The molecule has 3 aromatic carbocycles. The van der Waals surface area contributed by atoms with Gasteiger partial charge < -0.3 is 25.2 Å². The molecule has 1 unspecified atom stereocenters. The molecular weight excluding hydrogens is 472 g/mol. The van der Waals surface area contributed by atoms with Crippen molar-refractivity contribution in [1.82, 2.24) is 10.2 Å². The number of carboxylic acids is 1. The summed E-state index contributed by atoms with van der Waals surface area (Å²) in [6.07, 6.45) is -1.44. The van der Waals surface area contributed by atoms with E-state index in [-0.39, 0.29) is 32.0 Å². The molecule has 8 nitrogen and oxygen atoms in total. The number of ether oxygens (including phenoxy) is 1. The molecule has 0 spiro atoms. The summed E-state index contributed by atoms with van der Waals surface area (Å²) in [4.78, 5) is 38.0. The van der Waals surface area contributed by atoms with E-state index >= 15 is 0 Å². The van der Waals surface area contributed by atoms with E-state index in [0.717, 1.165) is 27.5 Å². The van der Waals surface area contributed by atoms with Crippen molar-refractivity contribution >= 4 is 28.7 Å². The first-order valence-corrected chi connectivity index (χ1v) is 12.4. The lowest BCUT2D eigenvalue weighted by atomic mass is 9.98. The molecule has 0 aliphatic rings. The summed E-state index contributed by atoms with van der Waals surface area (Å²) in [5.41, 5.74) is 2.80. The van der Waals surface area contributed by atoms with Crippen LogP contribution in [-0.2, 0) is 20.7 Å². The van der Waals surface area contributed by atoms with E-state index in [1.165, 1.54) is 4.90 Å². The van der Waals surface area contributed by atoms with Crippen molar-refractivity contribution in [2.24, 2.45) is 5.92 Å². The number of hydrogen-bond acceptors (Lipinski definition) is 5. The van der Waals surface area contributed by atoms with Gasteiger partial charge in [0.2, 0.25) is 0 Å². The molecule has 3 rings (SSSR count). The van der Waals surface area contributed by atoms with E-state index in [2.05, 4.69) is 29.6 Å². The van der Waals surface area contributed by atoms with Gasteiger partial charge in [-0.15, -0.1) is 0 Å². The minimum Gasteiger partial charge on any atom is -0.480 e. The van der Waals surface area contributed by atoms with Gasteiger partial charge in [0.15, 0.2) is 6.10 Å². The Balaban J connectivity index is 1.69. The predicted molar refractivity (Wildman–Crippen MR) is 142 cm³/mol. The van der Waals surface area contributed by atoms with Crippen molar-refractivity contribution in [3.8, 4) is 11.1 Å². The highest BCUT2D eigenvalue weighted by molar-refractivity contribution is 5.87. The smallest absolute Gasteiger partial charge is 0.336 e. The fourth-order valence-electron chi connectivity index (χ4n) is 4.08. The average molecular weight is 507 g/mol. The van der Waals surface area contributed by atoms with Crippen molar-refractivity contribution in [3.05, 3.63) is 72.3 Å². The minimum atomic E-state index is -1.52. The summed E-state index contributed by atoms with van der Waals surface area (Å²) in [6, 6.07) is 20.0. The lowest BCUT2D eigenvalue weighted by Crippen LogP contribution is -2.52. The van der Waals surface area contributed by atoms with E-state index < -0.39 is 30.1 Å². The molecule has 3 aromatic rings. The molecule has 2 amide bonds. The number of hydrogen-bond donors (Lipinski definition) is 3. The normalized spacial score (nSPS) is 12.7. The van der Waals surface area contributed by atoms with Crippen LogP contribution in [0.25, 0.3) is 21.9 Å². The molecule has 0 saturated heterocycles. The second-order valence-corrected chi connectivity index (χ2v) is 9.37. The van der Waals surface area contributed by atoms with Crippen LogP contribution in [0.4, 0.5) is 4.79 Å². The number of carboxylic acid groups (broad SMARTS) is 1. The Hall–Kier alpha value is -3.91. The fraction of sp³-hybridized carbons (Fsp3) is 0.345. The van der Waals surface area contributed by atoms with Gasteiger partial charge in [-0.3, -0.25) is 0 Å². The number of amides is 2. The number of aliphatic hydroxyl groups is 1. The van der Waals surface area contributed by atoms with E-state index in [0.29, 0.717) is 0 Å².